The summed E-state index contributed by atoms with van der Waals surface area (Å²) in [7, 11) is -0.978. The van der Waals surface area contributed by atoms with Gasteiger partial charge in [0.25, 0.3) is 0 Å². The average Bonchev–Trinajstić information content (AvgIpc) is 2.01. The summed E-state index contributed by atoms with van der Waals surface area (Å²) in [6.45, 7) is 0.245. The number of rotatable bonds is 6. The van der Waals surface area contributed by atoms with Crippen LogP contribution < -0.4 is 11.1 Å². The van der Waals surface area contributed by atoms with Crippen molar-refractivity contribution in [3.05, 3.63) is 0 Å². The number of carbonyl (C=O) groups excluding carboxylic acids is 1. The summed E-state index contributed by atoms with van der Waals surface area (Å²) in [6, 6.07) is -1.04. The van der Waals surface area contributed by atoms with Crippen molar-refractivity contribution < 1.29 is 18.9 Å². The van der Waals surface area contributed by atoms with E-state index in [1.54, 1.807) is 0 Å². The van der Waals surface area contributed by atoms with Gasteiger partial charge in [-0.15, -0.1) is 0 Å². The third-order valence-corrected chi connectivity index (χ3v) is 2.20. The molecule has 0 aliphatic heterocycles. The van der Waals surface area contributed by atoms with Crippen LogP contribution in [0.4, 0.5) is 0 Å². The summed E-state index contributed by atoms with van der Waals surface area (Å²) in [6.07, 6.45) is 1.12. The molecule has 82 valence electrons. The molecule has 0 aromatic heterocycles. The van der Waals surface area contributed by atoms with Crippen LogP contribution in [0.15, 0.2) is 0 Å². The van der Waals surface area contributed by atoms with Crippen molar-refractivity contribution in [3.8, 4) is 0 Å². The predicted octanol–water partition coefficient (Wildman–Crippen LogP) is -1.72. The van der Waals surface area contributed by atoms with E-state index in [1.165, 1.54) is 6.26 Å². The van der Waals surface area contributed by atoms with E-state index in [9.17, 15) is 13.8 Å². The van der Waals surface area contributed by atoms with E-state index in [1.807, 2.05) is 0 Å². The Labute approximate surface area is 84.3 Å². The minimum absolute atomic E-state index is 0.245. The molecule has 0 bridgehead atoms. The Kier molecular flexibility index (Phi) is 6.06. The molecule has 2 unspecified atom stereocenters. The van der Waals surface area contributed by atoms with Gasteiger partial charge in [0, 0.05) is 29.4 Å². The Hall–Kier alpha value is -0.950. The number of amides is 1. The number of hydrogen-bond donors (Lipinski definition) is 3. The van der Waals surface area contributed by atoms with Crippen LogP contribution in [0.5, 0.6) is 0 Å². The third kappa shape index (κ3) is 6.55. The van der Waals surface area contributed by atoms with Gasteiger partial charge in [0.05, 0.1) is 12.5 Å². The lowest BCUT2D eigenvalue weighted by molar-refractivity contribution is -0.139. The molecule has 0 heterocycles. The quantitative estimate of drug-likeness (QED) is 0.495. The van der Waals surface area contributed by atoms with Crippen LogP contribution in [0.2, 0.25) is 0 Å². The number of nitrogens with two attached hydrogens (primary N) is 1. The monoisotopic (exact) mass is 222 g/mol. The number of carbonyl (C=O) groups is 2. The van der Waals surface area contributed by atoms with E-state index in [-0.39, 0.29) is 6.54 Å². The normalized spacial score (nSPS) is 14.4. The van der Waals surface area contributed by atoms with Crippen LogP contribution in [0.25, 0.3) is 0 Å². The van der Waals surface area contributed by atoms with Gasteiger partial charge in [0.15, 0.2) is 0 Å². The van der Waals surface area contributed by atoms with Gasteiger partial charge in [-0.1, -0.05) is 0 Å². The average molecular weight is 222 g/mol. The maximum absolute atomic E-state index is 11.1. The van der Waals surface area contributed by atoms with Gasteiger partial charge < -0.3 is 16.2 Å². The summed E-state index contributed by atoms with van der Waals surface area (Å²) in [5, 5.41) is 10.7. The number of carboxylic acid groups (broad SMARTS) is 1. The Morgan fingerprint density at radius 2 is 2.14 bits per heavy atom. The van der Waals surface area contributed by atoms with E-state index >= 15 is 0 Å². The lowest BCUT2D eigenvalue weighted by Crippen LogP contribution is -2.43. The van der Waals surface area contributed by atoms with Crippen molar-refractivity contribution in [2.75, 3.05) is 18.6 Å². The summed E-state index contributed by atoms with van der Waals surface area (Å²) in [5.74, 6) is -1.31. The van der Waals surface area contributed by atoms with Crippen LogP contribution in [0.3, 0.4) is 0 Å². The maximum Gasteiger partial charge on any atom is 0.305 e. The van der Waals surface area contributed by atoms with Crippen molar-refractivity contribution in [2.24, 2.45) is 5.73 Å². The molecule has 0 radical (unpaired) electrons. The molecule has 0 saturated heterocycles. The molecule has 14 heavy (non-hydrogen) atoms. The number of nitrogens with one attached hydrogen (secondary N) is 1. The molecule has 4 N–H and O–H groups in total. The Morgan fingerprint density at radius 1 is 1.57 bits per heavy atom. The van der Waals surface area contributed by atoms with E-state index < -0.39 is 35.1 Å². The molecule has 0 saturated carbocycles. The lowest BCUT2D eigenvalue weighted by Gasteiger charge is -2.08. The summed E-state index contributed by atoms with van der Waals surface area (Å²) < 4.78 is 10.6. The molecule has 2 atom stereocenters. The first kappa shape index (κ1) is 13.1. The second-order valence-electron chi connectivity index (χ2n) is 2.77. The van der Waals surface area contributed by atoms with Gasteiger partial charge in [-0.05, 0) is 0 Å². The Bertz CT molecular complexity index is 244. The molecular formula is C7H14N2O4S. The predicted molar refractivity (Wildman–Crippen MR) is 52.2 cm³/mol. The van der Waals surface area contributed by atoms with Gasteiger partial charge >= 0.3 is 5.97 Å². The summed E-state index contributed by atoms with van der Waals surface area (Å²) in [5.41, 5.74) is 5.27. The fraction of sp³-hybridized carbons (Fsp3) is 0.714. The third-order valence-electron chi connectivity index (χ3n) is 1.42. The van der Waals surface area contributed by atoms with Gasteiger partial charge in [-0.3, -0.25) is 13.8 Å². The fourth-order valence-corrected chi connectivity index (χ4v) is 1.12. The molecule has 0 spiro atoms. The molecule has 0 aliphatic carbocycles. The van der Waals surface area contributed by atoms with Crippen molar-refractivity contribution >= 4 is 22.7 Å². The fourth-order valence-electron chi connectivity index (χ4n) is 0.730. The highest BCUT2D eigenvalue weighted by molar-refractivity contribution is 7.84. The SMILES string of the molecule is CS(=O)CCNC(=O)C(N)CC(=O)O. The van der Waals surface area contributed by atoms with Crippen LogP contribution in [0.1, 0.15) is 6.42 Å². The lowest BCUT2D eigenvalue weighted by atomic mass is 10.2. The topological polar surface area (TPSA) is 109 Å². The van der Waals surface area contributed by atoms with Crippen LogP contribution in [-0.2, 0) is 20.4 Å². The van der Waals surface area contributed by atoms with Crippen molar-refractivity contribution in [1.82, 2.24) is 5.32 Å². The summed E-state index contributed by atoms with van der Waals surface area (Å²) in [4.78, 5) is 21.2. The van der Waals surface area contributed by atoms with Gasteiger partial charge in [0.1, 0.15) is 0 Å². The molecule has 0 rings (SSSR count). The molecule has 0 aliphatic rings. The Balaban J connectivity index is 3.73. The van der Waals surface area contributed by atoms with Crippen LogP contribution in [-0.4, -0.2) is 45.8 Å². The first-order valence-electron chi connectivity index (χ1n) is 3.98. The van der Waals surface area contributed by atoms with E-state index in [0.717, 1.165) is 0 Å². The molecule has 6 nitrogen and oxygen atoms in total. The van der Waals surface area contributed by atoms with Crippen molar-refractivity contribution in [3.63, 3.8) is 0 Å². The zero-order valence-electron chi connectivity index (χ0n) is 7.86. The van der Waals surface area contributed by atoms with E-state index in [0.29, 0.717) is 5.75 Å². The summed E-state index contributed by atoms with van der Waals surface area (Å²) >= 11 is 0. The second kappa shape index (κ2) is 6.50. The molecule has 0 fully saturated rings. The smallest absolute Gasteiger partial charge is 0.305 e. The first-order valence-corrected chi connectivity index (χ1v) is 5.71. The Morgan fingerprint density at radius 3 is 2.57 bits per heavy atom. The minimum Gasteiger partial charge on any atom is -0.481 e. The van der Waals surface area contributed by atoms with E-state index in [2.05, 4.69) is 5.32 Å². The largest absolute Gasteiger partial charge is 0.481 e. The molecular weight excluding hydrogens is 208 g/mol. The first-order chi connectivity index (χ1) is 6.43. The van der Waals surface area contributed by atoms with Gasteiger partial charge in [0.2, 0.25) is 5.91 Å². The molecule has 0 aromatic carbocycles. The van der Waals surface area contributed by atoms with Crippen LogP contribution in [0, 0.1) is 0 Å². The second-order valence-corrected chi connectivity index (χ2v) is 4.33. The molecule has 0 aromatic rings. The number of carboxylic acids is 1. The zero-order valence-corrected chi connectivity index (χ0v) is 8.67. The minimum atomic E-state index is -1.12. The van der Waals surface area contributed by atoms with E-state index in [4.69, 9.17) is 10.8 Å². The standard InChI is InChI=1S/C7H14N2O4S/c1-14(13)3-2-9-7(12)5(8)4-6(10)11/h5H,2-4,8H2,1H3,(H,9,12)(H,10,11). The molecule has 1 amide bonds. The van der Waals surface area contributed by atoms with Crippen molar-refractivity contribution in [2.45, 2.75) is 12.5 Å². The maximum atomic E-state index is 11.1. The molecule has 7 heteroatoms. The number of hydrogen-bond acceptors (Lipinski definition) is 4. The highest BCUT2D eigenvalue weighted by atomic mass is 32.2. The highest BCUT2D eigenvalue weighted by Crippen LogP contribution is 1.87. The van der Waals surface area contributed by atoms with Gasteiger partial charge in [-0.2, -0.15) is 0 Å². The van der Waals surface area contributed by atoms with Gasteiger partial charge in [-0.25, -0.2) is 0 Å². The van der Waals surface area contributed by atoms with Crippen LogP contribution >= 0.6 is 0 Å². The highest BCUT2D eigenvalue weighted by Gasteiger charge is 2.16. The van der Waals surface area contributed by atoms with Crippen molar-refractivity contribution in [1.29, 1.82) is 0 Å². The zero-order chi connectivity index (χ0) is 11.1. The number of aliphatic carboxylic acids is 1.